The molecule has 0 saturated carbocycles. The van der Waals surface area contributed by atoms with Gasteiger partial charge in [-0.1, -0.05) is 75.3 Å². The van der Waals surface area contributed by atoms with Gasteiger partial charge in [0.15, 0.2) is 0 Å². The predicted molar refractivity (Wildman–Crippen MR) is 153 cm³/mol. The van der Waals surface area contributed by atoms with Crippen molar-refractivity contribution in [2.75, 3.05) is 13.7 Å². The number of ether oxygens (including phenoxy) is 1. The number of thiocarbonyl (C=S) groups is 1. The van der Waals surface area contributed by atoms with Gasteiger partial charge >= 0.3 is 0 Å². The van der Waals surface area contributed by atoms with E-state index in [1.165, 1.54) is 18.2 Å². The van der Waals surface area contributed by atoms with Crippen LogP contribution in [0.2, 0.25) is 0 Å². The number of methoxy groups -OCH3 is 1. The quantitative estimate of drug-likeness (QED) is 0.208. The Bertz CT molecular complexity index is 1270. The minimum Gasteiger partial charge on any atom is -0.497 e. The van der Waals surface area contributed by atoms with Crippen molar-refractivity contribution in [2.24, 2.45) is 5.92 Å². The number of carbonyl (C=O) groups is 1. The molecule has 1 amide bonds. The number of unbranched alkanes of at least 4 members (excludes halogenated alkanes) is 1. The number of para-hydroxylation sites is 1. The predicted octanol–water partition coefficient (Wildman–Crippen LogP) is 7.27. The lowest BCUT2D eigenvalue weighted by Crippen LogP contribution is -2.33. The van der Waals surface area contributed by atoms with E-state index in [4.69, 9.17) is 22.1 Å². The molecular weight excluding hydrogens is 486 g/mol. The van der Waals surface area contributed by atoms with Gasteiger partial charge in [0.25, 0.3) is 5.91 Å². The van der Waals surface area contributed by atoms with Gasteiger partial charge in [-0.3, -0.25) is 9.69 Å². The summed E-state index contributed by atoms with van der Waals surface area (Å²) >= 11 is 7.02. The van der Waals surface area contributed by atoms with Gasteiger partial charge in [0.05, 0.1) is 17.7 Å². The molecule has 7 heteroatoms. The maximum Gasteiger partial charge on any atom is 0.266 e. The fraction of sp³-hybridized carbons (Fsp3) is 0.345. The Hall–Kier alpha value is -2.90. The molecule has 0 radical (unpaired) electrons. The van der Waals surface area contributed by atoms with Crippen LogP contribution in [0.5, 0.6) is 5.75 Å². The van der Waals surface area contributed by atoms with Crippen LogP contribution < -0.4 is 4.74 Å². The van der Waals surface area contributed by atoms with Crippen LogP contribution in [0.4, 0.5) is 0 Å². The third-order valence-corrected chi connectivity index (χ3v) is 7.97. The molecule has 1 unspecified atom stereocenters. The summed E-state index contributed by atoms with van der Waals surface area (Å²) in [6.45, 7) is 7.12. The van der Waals surface area contributed by atoms with Crippen LogP contribution in [0.1, 0.15) is 50.7 Å². The molecule has 0 bridgehead atoms. The summed E-state index contributed by atoms with van der Waals surface area (Å²) in [7, 11) is 1.66. The molecule has 4 rings (SSSR count). The maximum absolute atomic E-state index is 13.4. The molecule has 3 aromatic rings. The average Bonchev–Trinajstić information content (AvgIpc) is 3.42. The average molecular weight is 520 g/mol. The fourth-order valence-corrected chi connectivity index (χ4v) is 5.68. The molecule has 5 nitrogen and oxygen atoms in total. The zero-order valence-corrected chi connectivity index (χ0v) is 23.0. The lowest BCUT2D eigenvalue weighted by molar-refractivity contribution is -0.122. The normalized spacial score (nSPS) is 15.7. The molecule has 1 atom stereocenters. The molecule has 0 aliphatic carbocycles. The molecule has 0 spiro atoms. The third kappa shape index (κ3) is 5.73. The SMILES string of the molecule is CCCCC(CC)CN1C(=O)C(=Cc2cn(-c3ccccc3)nc2-c2ccc(OC)cc2C)SC1=S. The summed E-state index contributed by atoms with van der Waals surface area (Å²) in [6.07, 6.45) is 8.42. The van der Waals surface area contributed by atoms with Crippen molar-refractivity contribution in [3.8, 4) is 22.7 Å². The number of carbonyl (C=O) groups excluding carboxylic acids is 1. The molecule has 1 saturated heterocycles. The van der Waals surface area contributed by atoms with Crippen molar-refractivity contribution in [2.45, 2.75) is 46.5 Å². The molecule has 1 fully saturated rings. The first-order chi connectivity index (χ1) is 17.4. The molecule has 2 aromatic carbocycles. The van der Waals surface area contributed by atoms with Gasteiger partial charge in [-0.15, -0.1) is 0 Å². The second kappa shape index (κ2) is 11.9. The Balaban J connectivity index is 1.71. The monoisotopic (exact) mass is 519 g/mol. The fourth-order valence-electron chi connectivity index (χ4n) is 4.42. The maximum atomic E-state index is 13.4. The van der Waals surface area contributed by atoms with E-state index in [9.17, 15) is 4.79 Å². The number of nitrogens with zero attached hydrogens (tertiary/aromatic N) is 3. The Morgan fingerprint density at radius 1 is 1.17 bits per heavy atom. The number of aryl methyl sites for hydroxylation is 1. The van der Waals surface area contributed by atoms with Gasteiger partial charge in [0.2, 0.25) is 0 Å². The summed E-state index contributed by atoms with van der Waals surface area (Å²) in [4.78, 5) is 15.9. The van der Waals surface area contributed by atoms with Gasteiger partial charge in [-0.05, 0) is 61.2 Å². The van der Waals surface area contributed by atoms with E-state index in [0.717, 1.165) is 53.1 Å². The van der Waals surface area contributed by atoms with Gasteiger partial charge in [-0.25, -0.2) is 4.68 Å². The van der Waals surface area contributed by atoms with Gasteiger partial charge in [0, 0.05) is 23.9 Å². The summed E-state index contributed by atoms with van der Waals surface area (Å²) in [5, 5.41) is 4.93. The largest absolute Gasteiger partial charge is 0.497 e. The zero-order chi connectivity index (χ0) is 25.7. The van der Waals surface area contributed by atoms with Gasteiger partial charge in [-0.2, -0.15) is 5.10 Å². The van der Waals surface area contributed by atoms with Crippen LogP contribution >= 0.6 is 24.0 Å². The number of thioether (sulfide) groups is 1. The molecule has 1 aliphatic heterocycles. The number of benzene rings is 2. The van der Waals surface area contributed by atoms with Crippen molar-refractivity contribution in [1.29, 1.82) is 0 Å². The van der Waals surface area contributed by atoms with E-state index in [0.29, 0.717) is 21.7 Å². The van der Waals surface area contributed by atoms with E-state index in [-0.39, 0.29) is 5.91 Å². The minimum atomic E-state index is -0.00943. The van der Waals surface area contributed by atoms with Crippen LogP contribution in [0, 0.1) is 12.8 Å². The summed E-state index contributed by atoms with van der Waals surface area (Å²) in [5.41, 5.74) is 4.71. The Morgan fingerprint density at radius 3 is 2.61 bits per heavy atom. The third-order valence-electron chi connectivity index (χ3n) is 6.60. The molecule has 188 valence electrons. The first-order valence-corrected chi connectivity index (χ1v) is 13.7. The molecule has 1 aliphatic rings. The second-order valence-electron chi connectivity index (χ2n) is 9.10. The van der Waals surface area contributed by atoms with Gasteiger partial charge in [0.1, 0.15) is 15.8 Å². The second-order valence-corrected chi connectivity index (χ2v) is 10.8. The van der Waals surface area contributed by atoms with Crippen molar-refractivity contribution >= 4 is 40.3 Å². The lowest BCUT2D eigenvalue weighted by Gasteiger charge is -2.21. The van der Waals surface area contributed by atoms with Crippen LogP contribution in [-0.4, -0.2) is 38.6 Å². The van der Waals surface area contributed by atoms with E-state index < -0.39 is 0 Å². The van der Waals surface area contributed by atoms with Crippen molar-refractivity contribution < 1.29 is 9.53 Å². The highest BCUT2D eigenvalue weighted by Crippen LogP contribution is 2.37. The molecule has 36 heavy (non-hydrogen) atoms. The van der Waals surface area contributed by atoms with Crippen molar-refractivity contribution in [3.63, 3.8) is 0 Å². The van der Waals surface area contributed by atoms with E-state index in [1.807, 2.05) is 72.4 Å². The smallest absolute Gasteiger partial charge is 0.266 e. The number of rotatable bonds is 10. The number of hydrogen-bond acceptors (Lipinski definition) is 5. The highest BCUT2D eigenvalue weighted by molar-refractivity contribution is 8.26. The standard InChI is InChI=1S/C29H33N3O2S2/c1-5-7-11-21(6-2)18-31-28(33)26(36-29(31)35)17-22-19-32(23-12-9-8-10-13-23)30-27(22)25-15-14-24(34-4)16-20(25)3/h8-10,12-17,19,21H,5-7,11,18H2,1-4H3. The molecular formula is C29H33N3O2S2. The molecule has 0 N–H and O–H groups in total. The van der Waals surface area contributed by atoms with Gasteiger partial charge < -0.3 is 4.74 Å². The number of aromatic nitrogens is 2. The molecule has 1 aromatic heterocycles. The van der Waals surface area contributed by atoms with E-state index >= 15 is 0 Å². The first kappa shape index (κ1) is 26.2. The highest BCUT2D eigenvalue weighted by atomic mass is 32.2. The Kier molecular flexibility index (Phi) is 8.64. The topological polar surface area (TPSA) is 47.4 Å². The summed E-state index contributed by atoms with van der Waals surface area (Å²) < 4.78 is 7.90. The first-order valence-electron chi connectivity index (χ1n) is 12.5. The number of amides is 1. The highest BCUT2D eigenvalue weighted by Gasteiger charge is 2.33. The van der Waals surface area contributed by atoms with Crippen LogP contribution in [0.25, 0.3) is 23.0 Å². The van der Waals surface area contributed by atoms with Crippen molar-refractivity contribution in [3.05, 3.63) is 70.8 Å². The van der Waals surface area contributed by atoms with Crippen LogP contribution in [0.3, 0.4) is 0 Å². The summed E-state index contributed by atoms with van der Waals surface area (Å²) in [5.74, 6) is 1.25. The minimum absolute atomic E-state index is 0.00943. The molecule has 2 heterocycles. The lowest BCUT2D eigenvalue weighted by atomic mass is 9.99. The summed E-state index contributed by atoms with van der Waals surface area (Å²) in [6, 6.07) is 16.0. The zero-order valence-electron chi connectivity index (χ0n) is 21.4. The van der Waals surface area contributed by atoms with Crippen LogP contribution in [0.15, 0.2) is 59.6 Å². The van der Waals surface area contributed by atoms with Crippen molar-refractivity contribution in [1.82, 2.24) is 14.7 Å². The van der Waals surface area contributed by atoms with Crippen LogP contribution in [-0.2, 0) is 4.79 Å². The Morgan fingerprint density at radius 2 is 1.94 bits per heavy atom. The Labute approximate surface area is 223 Å². The number of hydrogen-bond donors (Lipinski definition) is 0. The van der Waals surface area contributed by atoms with E-state index in [2.05, 4.69) is 13.8 Å². The van der Waals surface area contributed by atoms with E-state index in [1.54, 1.807) is 12.0 Å².